The molecular formula is C16H20ClN5O. The van der Waals surface area contributed by atoms with Crippen LogP contribution in [-0.4, -0.2) is 45.2 Å². The molecule has 2 aromatic rings. The van der Waals surface area contributed by atoms with Crippen LogP contribution in [0.25, 0.3) is 0 Å². The predicted octanol–water partition coefficient (Wildman–Crippen LogP) is 1.76. The Morgan fingerprint density at radius 2 is 2.09 bits per heavy atom. The Kier molecular flexibility index (Phi) is 4.95. The number of hydrogen-bond donors (Lipinski definition) is 3. The van der Waals surface area contributed by atoms with Gasteiger partial charge in [0, 0.05) is 25.7 Å². The van der Waals surface area contributed by atoms with Crippen LogP contribution in [0.3, 0.4) is 0 Å². The fraction of sp³-hybridized carbons (Fsp3) is 0.375. The molecule has 7 heteroatoms. The van der Waals surface area contributed by atoms with E-state index in [9.17, 15) is 5.11 Å². The Bertz CT molecular complexity index is 654. The molecule has 1 aromatic heterocycles. The van der Waals surface area contributed by atoms with Crippen molar-refractivity contribution in [2.75, 3.05) is 24.1 Å². The smallest absolute Gasteiger partial charge is 0.150 e. The summed E-state index contributed by atoms with van der Waals surface area (Å²) in [6, 6.07) is 10.5. The molecule has 1 aliphatic heterocycles. The molecule has 122 valence electrons. The van der Waals surface area contributed by atoms with Gasteiger partial charge in [0.25, 0.3) is 0 Å². The summed E-state index contributed by atoms with van der Waals surface area (Å²) in [6.07, 6.45) is 1.80. The number of nitrogen functional groups attached to an aromatic ring is 1. The van der Waals surface area contributed by atoms with Crippen LogP contribution in [0.5, 0.6) is 0 Å². The first-order chi connectivity index (χ1) is 11.1. The number of rotatable bonds is 5. The summed E-state index contributed by atoms with van der Waals surface area (Å²) >= 11 is 6.10. The summed E-state index contributed by atoms with van der Waals surface area (Å²) in [5, 5.41) is 13.6. The van der Waals surface area contributed by atoms with Gasteiger partial charge >= 0.3 is 0 Å². The van der Waals surface area contributed by atoms with Crippen LogP contribution in [0.15, 0.2) is 36.7 Å². The highest BCUT2D eigenvalue weighted by Gasteiger charge is 2.30. The van der Waals surface area contributed by atoms with Crippen molar-refractivity contribution in [3.05, 3.63) is 47.2 Å². The Hall–Kier alpha value is -1.89. The predicted molar refractivity (Wildman–Crippen MR) is 91.2 cm³/mol. The highest BCUT2D eigenvalue weighted by atomic mass is 35.5. The van der Waals surface area contributed by atoms with E-state index in [4.69, 9.17) is 17.3 Å². The van der Waals surface area contributed by atoms with E-state index in [0.717, 1.165) is 13.0 Å². The van der Waals surface area contributed by atoms with Gasteiger partial charge in [-0.1, -0.05) is 41.9 Å². The van der Waals surface area contributed by atoms with Crippen molar-refractivity contribution in [1.82, 2.24) is 14.9 Å². The fourth-order valence-electron chi connectivity index (χ4n) is 2.90. The van der Waals surface area contributed by atoms with Crippen LogP contribution >= 0.6 is 11.6 Å². The molecule has 0 unspecified atom stereocenters. The van der Waals surface area contributed by atoms with E-state index in [1.807, 2.05) is 18.2 Å². The minimum Gasteiger partial charge on any atom is -0.392 e. The molecule has 1 aliphatic rings. The van der Waals surface area contributed by atoms with Gasteiger partial charge in [0.05, 0.1) is 6.10 Å². The van der Waals surface area contributed by atoms with Gasteiger partial charge in [0.15, 0.2) is 5.82 Å². The second-order valence-electron chi connectivity index (χ2n) is 5.76. The van der Waals surface area contributed by atoms with Gasteiger partial charge in [-0.15, -0.1) is 0 Å². The van der Waals surface area contributed by atoms with Gasteiger partial charge in [0.2, 0.25) is 0 Å². The SMILES string of the molecule is Nc1ncnc(NC[C@H]2C[C@@H](O)CN2Cc2ccccc2)c1Cl. The number of nitrogens with two attached hydrogens (primary N) is 1. The van der Waals surface area contributed by atoms with Gasteiger partial charge in [-0.05, 0) is 12.0 Å². The van der Waals surface area contributed by atoms with Gasteiger partial charge in [0.1, 0.15) is 17.2 Å². The molecule has 2 heterocycles. The molecule has 0 aliphatic carbocycles. The first-order valence-electron chi connectivity index (χ1n) is 7.59. The molecule has 1 aromatic carbocycles. The van der Waals surface area contributed by atoms with E-state index in [0.29, 0.717) is 23.9 Å². The zero-order valence-electron chi connectivity index (χ0n) is 12.7. The molecule has 1 saturated heterocycles. The molecule has 0 radical (unpaired) electrons. The molecule has 0 saturated carbocycles. The minimum atomic E-state index is -0.309. The highest BCUT2D eigenvalue weighted by Crippen LogP contribution is 2.25. The van der Waals surface area contributed by atoms with Crippen molar-refractivity contribution in [3.63, 3.8) is 0 Å². The van der Waals surface area contributed by atoms with Crippen LogP contribution in [0.4, 0.5) is 11.6 Å². The molecule has 4 N–H and O–H groups in total. The van der Waals surface area contributed by atoms with E-state index in [1.165, 1.54) is 11.9 Å². The Labute approximate surface area is 140 Å². The summed E-state index contributed by atoms with van der Waals surface area (Å²) in [7, 11) is 0. The first kappa shape index (κ1) is 16.0. The number of aliphatic hydroxyl groups excluding tert-OH is 1. The number of aromatic nitrogens is 2. The number of β-amino-alcohol motifs (C(OH)–C–C–N with tert-alkyl or cyclic N) is 1. The number of likely N-dealkylation sites (tertiary alicyclic amines) is 1. The number of nitrogens with one attached hydrogen (secondary N) is 1. The van der Waals surface area contributed by atoms with Gasteiger partial charge < -0.3 is 16.2 Å². The molecular weight excluding hydrogens is 314 g/mol. The molecule has 0 amide bonds. The Balaban J connectivity index is 1.64. The van der Waals surface area contributed by atoms with Gasteiger partial charge in [-0.3, -0.25) is 4.90 Å². The number of hydrogen-bond acceptors (Lipinski definition) is 6. The molecule has 6 nitrogen and oxygen atoms in total. The maximum absolute atomic E-state index is 10.0. The van der Waals surface area contributed by atoms with Crippen molar-refractivity contribution in [2.24, 2.45) is 0 Å². The zero-order valence-corrected chi connectivity index (χ0v) is 13.4. The third-order valence-corrected chi connectivity index (χ3v) is 4.43. The second-order valence-corrected chi connectivity index (χ2v) is 6.14. The molecule has 2 atom stereocenters. The topological polar surface area (TPSA) is 87.3 Å². The first-order valence-corrected chi connectivity index (χ1v) is 7.97. The lowest BCUT2D eigenvalue weighted by molar-refractivity contribution is 0.173. The lowest BCUT2D eigenvalue weighted by atomic mass is 10.1. The zero-order chi connectivity index (χ0) is 16.2. The van der Waals surface area contributed by atoms with Crippen LogP contribution in [-0.2, 0) is 6.54 Å². The Morgan fingerprint density at radius 3 is 2.87 bits per heavy atom. The van der Waals surface area contributed by atoms with E-state index in [1.54, 1.807) is 0 Å². The summed E-state index contributed by atoms with van der Waals surface area (Å²) in [5.41, 5.74) is 6.91. The quantitative estimate of drug-likeness (QED) is 0.773. The monoisotopic (exact) mass is 333 g/mol. The minimum absolute atomic E-state index is 0.206. The normalized spacial score (nSPS) is 21.5. The van der Waals surface area contributed by atoms with E-state index >= 15 is 0 Å². The van der Waals surface area contributed by atoms with E-state index < -0.39 is 0 Å². The highest BCUT2D eigenvalue weighted by molar-refractivity contribution is 6.35. The largest absolute Gasteiger partial charge is 0.392 e. The van der Waals surface area contributed by atoms with Crippen molar-refractivity contribution in [1.29, 1.82) is 0 Å². The molecule has 3 rings (SSSR count). The van der Waals surface area contributed by atoms with E-state index in [-0.39, 0.29) is 18.0 Å². The number of anilines is 2. The average molecular weight is 334 g/mol. The van der Waals surface area contributed by atoms with Crippen molar-refractivity contribution in [3.8, 4) is 0 Å². The fourth-order valence-corrected chi connectivity index (χ4v) is 3.07. The van der Waals surface area contributed by atoms with Crippen molar-refractivity contribution >= 4 is 23.2 Å². The van der Waals surface area contributed by atoms with Crippen LogP contribution in [0.2, 0.25) is 5.02 Å². The maximum atomic E-state index is 10.0. The summed E-state index contributed by atoms with van der Waals surface area (Å²) in [5.74, 6) is 0.789. The second kappa shape index (κ2) is 7.12. The molecule has 23 heavy (non-hydrogen) atoms. The van der Waals surface area contributed by atoms with E-state index in [2.05, 4.69) is 32.3 Å². The van der Waals surface area contributed by atoms with Crippen LogP contribution < -0.4 is 11.1 Å². The molecule has 0 spiro atoms. The summed E-state index contributed by atoms with van der Waals surface area (Å²) in [6.45, 7) is 2.12. The lowest BCUT2D eigenvalue weighted by Gasteiger charge is -2.24. The molecule has 0 bridgehead atoms. The van der Waals surface area contributed by atoms with Crippen molar-refractivity contribution < 1.29 is 5.11 Å². The van der Waals surface area contributed by atoms with Gasteiger partial charge in [-0.2, -0.15) is 0 Å². The number of benzene rings is 1. The number of halogens is 1. The van der Waals surface area contributed by atoms with Gasteiger partial charge in [-0.25, -0.2) is 9.97 Å². The van der Waals surface area contributed by atoms with Crippen molar-refractivity contribution in [2.45, 2.75) is 25.1 Å². The van der Waals surface area contributed by atoms with Crippen LogP contribution in [0, 0.1) is 0 Å². The lowest BCUT2D eigenvalue weighted by Crippen LogP contribution is -2.34. The average Bonchev–Trinajstić information content (AvgIpc) is 2.89. The summed E-state index contributed by atoms with van der Waals surface area (Å²) < 4.78 is 0. The standard InChI is InChI=1S/C16H20ClN5O/c17-14-15(18)20-10-21-16(14)19-7-12-6-13(23)9-22(12)8-11-4-2-1-3-5-11/h1-5,10,12-13,23H,6-9H2,(H3,18,19,20,21)/t12-,13-/m1/s1. The van der Waals surface area contributed by atoms with Crippen LogP contribution in [0.1, 0.15) is 12.0 Å². The molecule has 1 fully saturated rings. The summed E-state index contributed by atoms with van der Waals surface area (Å²) in [4.78, 5) is 10.2. The third kappa shape index (κ3) is 3.90. The maximum Gasteiger partial charge on any atom is 0.150 e. The number of aliphatic hydroxyl groups is 1. The Morgan fingerprint density at radius 1 is 1.30 bits per heavy atom. The third-order valence-electron chi connectivity index (χ3n) is 4.06. The number of nitrogens with zero attached hydrogens (tertiary/aromatic N) is 3.